The number of aliphatic hydroxyl groups is 1. The molecule has 1 heterocycles. The summed E-state index contributed by atoms with van der Waals surface area (Å²) in [7, 11) is 1.89. The van der Waals surface area contributed by atoms with E-state index in [1.807, 2.05) is 7.05 Å². The molecule has 3 saturated carbocycles. The molecule has 0 aliphatic heterocycles. The lowest BCUT2D eigenvalue weighted by molar-refractivity contribution is -0.0572. The van der Waals surface area contributed by atoms with Gasteiger partial charge < -0.3 is 5.11 Å². The highest BCUT2D eigenvalue weighted by Crippen LogP contribution is 2.64. The number of hydrogen-bond donors (Lipinski definition) is 1. The molecule has 0 amide bonds. The van der Waals surface area contributed by atoms with Gasteiger partial charge in [-0.25, -0.2) is 4.68 Å². The van der Waals surface area contributed by atoms with Gasteiger partial charge in [0, 0.05) is 7.05 Å². The zero-order chi connectivity index (χ0) is 11.6. The third-order valence-corrected chi connectivity index (χ3v) is 5.65. The standard InChI is InChI=1S/C13H19N3O/c1-16-12(7-14-15-16)13(17)6-8-5-11(13)10-4-2-3-9(8)10/h7-11,17H,2-6H2,1H3. The fourth-order valence-corrected chi connectivity index (χ4v) is 5.09. The summed E-state index contributed by atoms with van der Waals surface area (Å²) in [6.45, 7) is 0. The molecule has 1 N–H and O–H groups in total. The fraction of sp³-hybridized carbons (Fsp3) is 0.846. The first kappa shape index (κ1) is 10.1. The van der Waals surface area contributed by atoms with Gasteiger partial charge >= 0.3 is 0 Å². The van der Waals surface area contributed by atoms with E-state index in [-0.39, 0.29) is 0 Å². The van der Waals surface area contributed by atoms with Crippen molar-refractivity contribution in [3.63, 3.8) is 0 Å². The zero-order valence-electron chi connectivity index (χ0n) is 10.2. The Kier molecular flexibility index (Phi) is 1.84. The Morgan fingerprint density at radius 2 is 2.24 bits per heavy atom. The van der Waals surface area contributed by atoms with Gasteiger partial charge in [0.05, 0.1) is 11.9 Å². The van der Waals surface area contributed by atoms with E-state index in [1.165, 1.54) is 25.7 Å². The summed E-state index contributed by atoms with van der Waals surface area (Å²) >= 11 is 0. The molecule has 3 aliphatic carbocycles. The molecule has 4 heteroatoms. The van der Waals surface area contributed by atoms with Gasteiger partial charge in [0.15, 0.2) is 0 Å². The van der Waals surface area contributed by atoms with Crippen molar-refractivity contribution in [1.82, 2.24) is 15.0 Å². The first-order chi connectivity index (χ1) is 8.20. The number of rotatable bonds is 1. The minimum Gasteiger partial charge on any atom is -0.383 e. The average Bonchev–Trinajstić information content (AvgIpc) is 2.95. The molecule has 2 bridgehead atoms. The highest BCUT2D eigenvalue weighted by atomic mass is 16.3. The molecule has 0 aromatic carbocycles. The summed E-state index contributed by atoms with van der Waals surface area (Å²) in [6.07, 6.45) is 7.98. The van der Waals surface area contributed by atoms with Crippen LogP contribution in [0.5, 0.6) is 0 Å². The van der Waals surface area contributed by atoms with Crippen molar-refractivity contribution >= 4 is 0 Å². The summed E-state index contributed by atoms with van der Waals surface area (Å²) in [5.74, 6) is 2.86. The van der Waals surface area contributed by atoms with Gasteiger partial charge in [0.25, 0.3) is 0 Å². The maximum absolute atomic E-state index is 11.1. The van der Waals surface area contributed by atoms with Crippen LogP contribution in [-0.4, -0.2) is 20.1 Å². The number of fused-ring (bicyclic) bond motifs is 5. The van der Waals surface area contributed by atoms with Crippen LogP contribution in [0, 0.1) is 23.7 Å². The van der Waals surface area contributed by atoms with Crippen molar-refractivity contribution in [3.05, 3.63) is 11.9 Å². The lowest BCUT2D eigenvalue weighted by Crippen LogP contribution is -2.40. The normalized spacial score (nSPS) is 47.6. The van der Waals surface area contributed by atoms with E-state index < -0.39 is 5.60 Å². The predicted molar refractivity (Wildman–Crippen MR) is 61.9 cm³/mol. The van der Waals surface area contributed by atoms with Gasteiger partial charge in [-0.2, -0.15) is 0 Å². The quantitative estimate of drug-likeness (QED) is 0.799. The first-order valence-electron chi connectivity index (χ1n) is 6.77. The molecule has 5 unspecified atom stereocenters. The Balaban J connectivity index is 1.75. The van der Waals surface area contributed by atoms with E-state index in [0.29, 0.717) is 5.92 Å². The summed E-state index contributed by atoms with van der Waals surface area (Å²) in [5.41, 5.74) is 0.282. The van der Waals surface area contributed by atoms with Crippen molar-refractivity contribution in [1.29, 1.82) is 0 Å². The number of aromatic nitrogens is 3. The van der Waals surface area contributed by atoms with E-state index in [4.69, 9.17) is 0 Å². The molecular formula is C13H19N3O. The Labute approximate surface area is 101 Å². The lowest BCUT2D eigenvalue weighted by Gasteiger charge is -2.38. The van der Waals surface area contributed by atoms with Gasteiger partial charge in [-0.3, -0.25) is 0 Å². The lowest BCUT2D eigenvalue weighted by atomic mass is 9.71. The van der Waals surface area contributed by atoms with E-state index in [1.54, 1.807) is 10.9 Å². The maximum atomic E-state index is 11.1. The average molecular weight is 233 g/mol. The molecule has 5 atom stereocenters. The summed E-state index contributed by atoms with van der Waals surface area (Å²) in [5, 5.41) is 19.0. The summed E-state index contributed by atoms with van der Waals surface area (Å²) in [6, 6.07) is 0. The van der Waals surface area contributed by atoms with Crippen molar-refractivity contribution < 1.29 is 5.11 Å². The van der Waals surface area contributed by atoms with Crippen LogP contribution >= 0.6 is 0 Å². The van der Waals surface area contributed by atoms with Crippen LogP contribution in [0.4, 0.5) is 0 Å². The molecule has 17 heavy (non-hydrogen) atoms. The smallest absolute Gasteiger partial charge is 0.111 e. The van der Waals surface area contributed by atoms with E-state index >= 15 is 0 Å². The van der Waals surface area contributed by atoms with E-state index in [9.17, 15) is 5.11 Å². The Morgan fingerprint density at radius 1 is 1.41 bits per heavy atom. The molecule has 1 aromatic heterocycles. The minimum absolute atomic E-state index is 0.456. The van der Waals surface area contributed by atoms with Crippen molar-refractivity contribution in [3.8, 4) is 0 Å². The van der Waals surface area contributed by atoms with Crippen LogP contribution in [-0.2, 0) is 12.6 Å². The maximum Gasteiger partial charge on any atom is 0.111 e. The van der Waals surface area contributed by atoms with Crippen molar-refractivity contribution in [2.45, 2.75) is 37.7 Å². The largest absolute Gasteiger partial charge is 0.383 e. The highest BCUT2D eigenvalue weighted by molar-refractivity contribution is 5.20. The molecule has 4 rings (SSSR count). The molecular weight excluding hydrogens is 214 g/mol. The van der Waals surface area contributed by atoms with Gasteiger partial charge in [-0.1, -0.05) is 11.6 Å². The SMILES string of the molecule is Cn1nncc1C1(O)CC2CC1C1CCCC21. The van der Waals surface area contributed by atoms with Crippen LogP contribution in [0.25, 0.3) is 0 Å². The van der Waals surface area contributed by atoms with Gasteiger partial charge in [-0.15, -0.1) is 5.10 Å². The third-order valence-electron chi connectivity index (χ3n) is 5.65. The minimum atomic E-state index is -0.644. The third kappa shape index (κ3) is 1.12. The Bertz CT molecular complexity index is 457. The van der Waals surface area contributed by atoms with Crippen LogP contribution in [0.1, 0.15) is 37.8 Å². The summed E-state index contributed by atoms with van der Waals surface area (Å²) < 4.78 is 1.75. The molecule has 92 valence electrons. The number of aryl methyl sites for hydroxylation is 1. The van der Waals surface area contributed by atoms with Gasteiger partial charge in [0.2, 0.25) is 0 Å². The van der Waals surface area contributed by atoms with Crippen molar-refractivity contribution in [2.24, 2.45) is 30.7 Å². The number of hydrogen-bond acceptors (Lipinski definition) is 3. The molecule has 1 aromatic rings. The zero-order valence-corrected chi connectivity index (χ0v) is 10.2. The Morgan fingerprint density at radius 3 is 3.00 bits per heavy atom. The van der Waals surface area contributed by atoms with Crippen LogP contribution in [0.15, 0.2) is 6.20 Å². The Hall–Kier alpha value is -0.900. The first-order valence-corrected chi connectivity index (χ1v) is 6.77. The topological polar surface area (TPSA) is 50.9 Å². The second kappa shape index (κ2) is 3.10. The predicted octanol–water partition coefficient (Wildman–Crippen LogP) is 1.46. The second-order valence-electron chi connectivity index (χ2n) is 6.23. The summed E-state index contributed by atoms with van der Waals surface area (Å²) in [4.78, 5) is 0. The monoisotopic (exact) mass is 233 g/mol. The molecule has 0 saturated heterocycles. The second-order valence-corrected chi connectivity index (χ2v) is 6.23. The molecule has 3 fully saturated rings. The molecule has 0 spiro atoms. The van der Waals surface area contributed by atoms with Gasteiger partial charge in [0.1, 0.15) is 5.60 Å². The molecule has 3 aliphatic rings. The number of nitrogens with zero attached hydrogens (tertiary/aromatic N) is 3. The van der Waals surface area contributed by atoms with Crippen molar-refractivity contribution in [2.75, 3.05) is 0 Å². The van der Waals surface area contributed by atoms with Crippen LogP contribution in [0.2, 0.25) is 0 Å². The highest BCUT2D eigenvalue weighted by Gasteiger charge is 2.61. The van der Waals surface area contributed by atoms with Gasteiger partial charge in [-0.05, 0) is 49.4 Å². The fourth-order valence-electron chi connectivity index (χ4n) is 5.09. The van der Waals surface area contributed by atoms with E-state index in [2.05, 4.69) is 10.3 Å². The molecule has 4 nitrogen and oxygen atoms in total. The van der Waals surface area contributed by atoms with Crippen LogP contribution in [0.3, 0.4) is 0 Å². The van der Waals surface area contributed by atoms with Crippen LogP contribution < -0.4 is 0 Å². The van der Waals surface area contributed by atoms with E-state index in [0.717, 1.165) is 29.9 Å². The molecule has 0 radical (unpaired) electrons.